The summed E-state index contributed by atoms with van der Waals surface area (Å²) in [7, 11) is 0. The number of piperidine rings is 1. The molecule has 1 spiro atoms. The third-order valence-corrected chi connectivity index (χ3v) is 4.75. The van der Waals surface area contributed by atoms with Gasteiger partial charge in [-0.3, -0.25) is 9.59 Å². The number of fused-ring (bicyclic) bond motifs is 1. The standard InChI is InChI=1S/C16H19N3O2/c20-14-12-3-1-2-4-13(12)17-16(18-14)7-9-19(10-8-16)15(21)11-5-6-11/h1-4,11,17H,5-10H2,(H,18,20). The van der Waals surface area contributed by atoms with Gasteiger partial charge in [0.05, 0.1) is 5.56 Å². The highest BCUT2D eigenvalue weighted by Crippen LogP contribution is 2.35. The van der Waals surface area contributed by atoms with Crippen LogP contribution >= 0.6 is 0 Å². The van der Waals surface area contributed by atoms with Crippen LogP contribution in [0.25, 0.3) is 0 Å². The molecule has 2 N–H and O–H groups in total. The molecule has 110 valence electrons. The molecule has 1 saturated heterocycles. The first-order valence-electron chi connectivity index (χ1n) is 7.65. The van der Waals surface area contributed by atoms with Crippen LogP contribution in [0.4, 0.5) is 5.69 Å². The van der Waals surface area contributed by atoms with E-state index in [-0.39, 0.29) is 11.8 Å². The van der Waals surface area contributed by atoms with Crippen LogP contribution in [0.5, 0.6) is 0 Å². The van der Waals surface area contributed by atoms with Gasteiger partial charge >= 0.3 is 0 Å². The number of hydrogen-bond acceptors (Lipinski definition) is 3. The number of carbonyl (C=O) groups is 2. The molecule has 0 radical (unpaired) electrons. The van der Waals surface area contributed by atoms with Gasteiger partial charge in [-0.05, 0) is 25.0 Å². The van der Waals surface area contributed by atoms with Gasteiger partial charge < -0.3 is 15.5 Å². The monoisotopic (exact) mass is 285 g/mol. The van der Waals surface area contributed by atoms with Gasteiger partial charge in [0, 0.05) is 37.5 Å². The molecule has 1 aromatic rings. The van der Waals surface area contributed by atoms with Crippen molar-refractivity contribution in [3.05, 3.63) is 29.8 Å². The van der Waals surface area contributed by atoms with Crippen molar-refractivity contribution < 1.29 is 9.59 Å². The first-order chi connectivity index (χ1) is 10.2. The highest BCUT2D eigenvalue weighted by atomic mass is 16.2. The molecule has 4 rings (SSSR count). The maximum Gasteiger partial charge on any atom is 0.255 e. The summed E-state index contributed by atoms with van der Waals surface area (Å²) >= 11 is 0. The van der Waals surface area contributed by atoms with Crippen LogP contribution in [0, 0.1) is 5.92 Å². The molecular weight excluding hydrogens is 266 g/mol. The lowest BCUT2D eigenvalue weighted by Gasteiger charge is -2.46. The second-order valence-corrected chi connectivity index (χ2v) is 6.31. The zero-order valence-corrected chi connectivity index (χ0v) is 11.9. The van der Waals surface area contributed by atoms with Crippen molar-refractivity contribution in [1.82, 2.24) is 10.2 Å². The van der Waals surface area contributed by atoms with Gasteiger partial charge in [0.2, 0.25) is 5.91 Å². The van der Waals surface area contributed by atoms with Crippen LogP contribution in [0.15, 0.2) is 24.3 Å². The fourth-order valence-corrected chi connectivity index (χ4v) is 3.31. The zero-order valence-electron chi connectivity index (χ0n) is 11.9. The summed E-state index contributed by atoms with van der Waals surface area (Å²) in [6.07, 6.45) is 3.60. The quantitative estimate of drug-likeness (QED) is 0.823. The summed E-state index contributed by atoms with van der Waals surface area (Å²) in [5.74, 6) is 0.549. The number of para-hydroxylation sites is 1. The molecule has 5 heteroatoms. The van der Waals surface area contributed by atoms with Crippen molar-refractivity contribution in [2.45, 2.75) is 31.3 Å². The van der Waals surface area contributed by atoms with E-state index in [4.69, 9.17) is 0 Å². The number of amides is 2. The Kier molecular flexibility index (Phi) is 2.71. The smallest absolute Gasteiger partial charge is 0.255 e. The Labute approximate surface area is 123 Å². The number of hydrogen-bond donors (Lipinski definition) is 2. The Morgan fingerprint density at radius 2 is 1.86 bits per heavy atom. The molecule has 0 aromatic heterocycles. The number of anilines is 1. The molecule has 1 saturated carbocycles. The van der Waals surface area contributed by atoms with Gasteiger partial charge in [-0.15, -0.1) is 0 Å². The molecule has 0 atom stereocenters. The summed E-state index contributed by atoms with van der Waals surface area (Å²) in [6.45, 7) is 1.43. The fourth-order valence-electron chi connectivity index (χ4n) is 3.31. The molecule has 0 unspecified atom stereocenters. The van der Waals surface area contributed by atoms with Gasteiger partial charge in [-0.1, -0.05) is 12.1 Å². The van der Waals surface area contributed by atoms with Gasteiger partial charge in [-0.2, -0.15) is 0 Å². The minimum absolute atomic E-state index is 0.0219. The van der Waals surface area contributed by atoms with E-state index in [1.165, 1.54) is 0 Å². The average Bonchev–Trinajstić information content (AvgIpc) is 3.32. The van der Waals surface area contributed by atoms with E-state index in [2.05, 4.69) is 10.6 Å². The predicted molar refractivity (Wildman–Crippen MR) is 78.8 cm³/mol. The van der Waals surface area contributed by atoms with E-state index in [0.717, 1.165) is 31.4 Å². The summed E-state index contributed by atoms with van der Waals surface area (Å²) in [4.78, 5) is 26.3. The van der Waals surface area contributed by atoms with Crippen molar-refractivity contribution in [2.24, 2.45) is 5.92 Å². The molecule has 2 heterocycles. The van der Waals surface area contributed by atoms with Crippen molar-refractivity contribution >= 4 is 17.5 Å². The van der Waals surface area contributed by atoms with Crippen molar-refractivity contribution in [2.75, 3.05) is 18.4 Å². The topological polar surface area (TPSA) is 61.4 Å². The number of nitrogens with one attached hydrogen (secondary N) is 2. The molecule has 1 aromatic carbocycles. The van der Waals surface area contributed by atoms with Crippen LogP contribution in [0.3, 0.4) is 0 Å². The minimum Gasteiger partial charge on any atom is -0.362 e. The second-order valence-electron chi connectivity index (χ2n) is 6.31. The lowest BCUT2D eigenvalue weighted by molar-refractivity contribution is -0.134. The number of nitrogens with zero attached hydrogens (tertiary/aromatic N) is 1. The third-order valence-electron chi connectivity index (χ3n) is 4.75. The second kappa shape index (κ2) is 4.48. The van der Waals surface area contributed by atoms with E-state index < -0.39 is 5.66 Å². The Bertz CT molecular complexity index is 601. The Morgan fingerprint density at radius 1 is 1.14 bits per heavy atom. The molecular formula is C16H19N3O2. The van der Waals surface area contributed by atoms with Crippen LogP contribution in [-0.2, 0) is 4.79 Å². The average molecular weight is 285 g/mol. The third kappa shape index (κ3) is 2.17. The predicted octanol–water partition coefficient (Wildman–Crippen LogP) is 1.57. The van der Waals surface area contributed by atoms with Crippen LogP contribution < -0.4 is 10.6 Å². The maximum absolute atomic E-state index is 12.3. The summed E-state index contributed by atoms with van der Waals surface area (Å²) in [5.41, 5.74) is 1.19. The normalized spacial score (nSPS) is 23.2. The van der Waals surface area contributed by atoms with Crippen LogP contribution in [0.2, 0.25) is 0 Å². The summed E-state index contributed by atoms with van der Waals surface area (Å²) < 4.78 is 0. The molecule has 21 heavy (non-hydrogen) atoms. The zero-order chi connectivity index (χ0) is 14.4. The first-order valence-corrected chi connectivity index (χ1v) is 7.65. The molecule has 1 aliphatic carbocycles. The van der Waals surface area contributed by atoms with Crippen LogP contribution in [0.1, 0.15) is 36.0 Å². The number of likely N-dealkylation sites (tertiary alicyclic amines) is 1. The highest BCUT2D eigenvalue weighted by Gasteiger charge is 2.42. The lowest BCUT2D eigenvalue weighted by atomic mass is 9.92. The summed E-state index contributed by atoms with van der Waals surface area (Å²) in [6, 6.07) is 7.58. The van der Waals surface area contributed by atoms with Gasteiger partial charge in [-0.25, -0.2) is 0 Å². The van der Waals surface area contributed by atoms with Gasteiger partial charge in [0.15, 0.2) is 0 Å². The first kappa shape index (κ1) is 12.7. The maximum atomic E-state index is 12.3. The summed E-state index contributed by atoms with van der Waals surface area (Å²) in [5, 5.41) is 6.58. The minimum atomic E-state index is -0.397. The Balaban J connectivity index is 1.50. The number of rotatable bonds is 1. The molecule has 2 fully saturated rings. The van der Waals surface area contributed by atoms with Gasteiger partial charge in [0.1, 0.15) is 5.66 Å². The Morgan fingerprint density at radius 3 is 2.57 bits per heavy atom. The van der Waals surface area contributed by atoms with Crippen molar-refractivity contribution in [3.63, 3.8) is 0 Å². The molecule has 3 aliphatic rings. The van der Waals surface area contributed by atoms with Crippen molar-refractivity contribution in [3.8, 4) is 0 Å². The van der Waals surface area contributed by atoms with Crippen molar-refractivity contribution in [1.29, 1.82) is 0 Å². The molecule has 0 bridgehead atoms. The van der Waals surface area contributed by atoms with E-state index >= 15 is 0 Å². The van der Waals surface area contributed by atoms with E-state index in [0.29, 0.717) is 24.6 Å². The molecule has 2 amide bonds. The lowest BCUT2D eigenvalue weighted by Crippen LogP contribution is -2.62. The van der Waals surface area contributed by atoms with Gasteiger partial charge in [0.25, 0.3) is 5.91 Å². The number of carbonyl (C=O) groups excluding carboxylic acids is 2. The molecule has 5 nitrogen and oxygen atoms in total. The van der Waals surface area contributed by atoms with E-state index in [1.54, 1.807) is 0 Å². The Hall–Kier alpha value is -2.04. The molecule has 2 aliphatic heterocycles. The van der Waals surface area contributed by atoms with Crippen LogP contribution in [-0.4, -0.2) is 35.5 Å². The highest BCUT2D eigenvalue weighted by molar-refractivity contribution is 6.02. The van der Waals surface area contributed by atoms with E-state index in [9.17, 15) is 9.59 Å². The van der Waals surface area contributed by atoms with E-state index in [1.807, 2.05) is 29.2 Å². The fraction of sp³-hybridized carbons (Fsp3) is 0.500. The SMILES string of the molecule is O=C1NC2(CCN(C(=O)C3CC3)CC2)Nc2ccccc21. The largest absolute Gasteiger partial charge is 0.362 e. The number of benzene rings is 1.